The second-order valence-electron chi connectivity index (χ2n) is 1.37. The summed E-state index contributed by atoms with van der Waals surface area (Å²) in [5, 5.41) is 0. The van der Waals surface area contributed by atoms with E-state index in [0.717, 1.165) is 5.57 Å². The molecule has 0 rings (SSSR count). The molecule has 0 bridgehead atoms. The second-order valence-corrected chi connectivity index (χ2v) is 1.37. The first-order valence-corrected chi connectivity index (χ1v) is 2.34. The van der Waals surface area contributed by atoms with E-state index in [1.54, 1.807) is 6.21 Å². The molecule has 0 aromatic rings. The van der Waals surface area contributed by atoms with Crippen LogP contribution >= 0.6 is 0 Å². The Kier molecular flexibility index (Phi) is 3.58. The SMILES string of the molecule is C=C/N=C\C(C)=CN. The zero-order chi connectivity index (χ0) is 6.41. The minimum absolute atomic E-state index is 0.935. The highest BCUT2D eigenvalue weighted by atomic mass is 14.7. The standard InChI is InChI=1S/C6H10N2/c1-3-8-5-6(2)4-7/h3-5H,1,7H2,2H3/b6-4?,8-5-. The van der Waals surface area contributed by atoms with Crippen LogP contribution in [-0.4, -0.2) is 6.21 Å². The minimum atomic E-state index is 0.935. The van der Waals surface area contributed by atoms with Crippen LogP contribution in [0.1, 0.15) is 6.92 Å². The molecule has 2 heteroatoms. The highest BCUT2D eigenvalue weighted by Gasteiger charge is 1.72. The highest BCUT2D eigenvalue weighted by Crippen LogP contribution is 1.81. The van der Waals surface area contributed by atoms with Crippen molar-refractivity contribution < 1.29 is 0 Å². The number of hydrogen-bond donors (Lipinski definition) is 1. The van der Waals surface area contributed by atoms with Gasteiger partial charge in [0.25, 0.3) is 0 Å². The highest BCUT2D eigenvalue weighted by molar-refractivity contribution is 5.77. The predicted octanol–water partition coefficient (Wildman–Crippen LogP) is 1.06. The lowest BCUT2D eigenvalue weighted by molar-refractivity contribution is 1.47. The molecule has 0 saturated carbocycles. The van der Waals surface area contributed by atoms with Gasteiger partial charge >= 0.3 is 0 Å². The topological polar surface area (TPSA) is 38.4 Å². The molecular formula is C6H10N2. The number of aliphatic imine (C=N–C) groups is 1. The maximum Gasteiger partial charge on any atom is 0.0311 e. The van der Waals surface area contributed by atoms with Gasteiger partial charge in [-0.25, -0.2) is 0 Å². The Morgan fingerprint density at radius 2 is 2.38 bits per heavy atom. The van der Waals surface area contributed by atoms with E-state index in [0.29, 0.717) is 0 Å². The molecule has 2 N–H and O–H groups in total. The fourth-order valence-electron chi connectivity index (χ4n) is 0.213. The van der Waals surface area contributed by atoms with Gasteiger partial charge in [-0.15, -0.1) is 0 Å². The Hall–Kier alpha value is -1.05. The molecule has 0 spiro atoms. The summed E-state index contributed by atoms with van der Waals surface area (Å²) in [5.74, 6) is 0. The third kappa shape index (κ3) is 3.15. The molecule has 0 heterocycles. The summed E-state index contributed by atoms with van der Waals surface area (Å²) in [6.45, 7) is 5.27. The Labute approximate surface area is 49.4 Å². The molecule has 0 aliphatic rings. The van der Waals surface area contributed by atoms with E-state index in [9.17, 15) is 0 Å². The quantitative estimate of drug-likeness (QED) is 0.530. The van der Waals surface area contributed by atoms with Crippen LogP contribution in [0.15, 0.2) is 29.5 Å². The number of allylic oxidation sites excluding steroid dienone is 1. The monoisotopic (exact) mass is 110 g/mol. The van der Waals surface area contributed by atoms with E-state index in [4.69, 9.17) is 5.73 Å². The van der Waals surface area contributed by atoms with Crippen molar-refractivity contribution in [1.82, 2.24) is 0 Å². The fraction of sp³-hybridized carbons (Fsp3) is 0.167. The smallest absolute Gasteiger partial charge is 0.0311 e. The van der Waals surface area contributed by atoms with Crippen LogP contribution in [-0.2, 0) is 0 Å². The first-order valence-electron chi connectivity index (χ1n) is 2.34. The summed E-state index contributed by atoms with van der Waals surface area (Å²) < 4.78 is 0. The first kappa shape index (κ1) is 6.95. The van der Waals surface area contributed by atoms with E-state index in [1.165, 1.54) is 12.4 Å². The van der Waals surface area contributed by atoms with Gasteiger partial charge in [0, 0.05) is 12.4 Å². The van der Waals surface area contributed by atoms with Crippen LogP contribution in [0.25, 0.3) is 0 Å². The molecule has 8 heavy (non-hydrogen) atoms. The van der Waals surface area contributed by atoms with Gasteiger partial charge in [-0.1, -0.05) is 6.58 Å². The normalized spacial score (nSPS) is 12.4. The van der Waals surface area contributed by atoms with Gasteiger partial charge in [-0.2, -0.15) is 0 Å². The summed E-state index contributed by atoms with van der Waals surface area (Å²) >= 11 is 0. The van der Waals surface area contributed by atoms with Crippen LogP contribution in [0, 0.1) is 0 Å². The van der Waals surface area contributed by atoms with Gasteiger partial charge in [-0.3, -0.25) is 4.99 Å². The maximum atomic E-state index is 5.13. The Bertz CT molecular complexity index is 122. The molecule has 0 amide bonds. The average molecular weight is 110 g/mol. The molecule has 0 fully saturated rings. The van der Waals surface area contributed by atoms with E-state index < -0.39 is 0 Å². The molecule has 0 saturated heterocycles. The molecule has 0 aromatic heterocycles. The third-order valence-electron chi connectivity index (χ3n) is 0.646. The molecule has 0 aliphatic carbocycles. The second kappa shape index (κ2) is 4.12. The van der Waals surface area contributed by atoms with Crippen molar-refractivity contribution >= 4 is 6.21 Å². The van der Waals surface area contributed by atoms with Gasteiger partial charge in [0.2, 0.25) is 0 Å². The summed E-state index contributed by atoms with van der Waals surface area (Å²) in [6.07, 6.45) is 4.60. The van der Waals surface area contributed by atoms with Crippen molar-refractivity contribution in [2.75, 3.05) is 0 Å². The molecule has 2 nitrogen and oxygen atoms in total. The average Bonchev–Trinajstić information content (AvgIpc) is 1.83. The van der Waals surface area contributed by atoms with Crippen LogP contribution in [0.4, 0.5) is 0 Å². The lowest BCUT2D eigenvalue weighted by atomic mass is 10.4. The summed E-state index contributed by atoms with van der Waals surface area (Å²) in [4.78, 5) is 3.73. The number of nitrogens with zero attached hydrogens (tertiary/aromatic N) is 1. The van der Waals surface area contributed by atoms with Crippen molar-refractivity contribution in [3.05, 3.63) is 24.6 Å². The van der Waals surface area contributed by atoms with Gasteiger partial charge in [-0.05, 0) is 18.7 Å². The molecule has 0 aromatic carbocycles. The molecule has 0 unspecified atom stereocenters. The van der Waals surface area contributed by atoms with E-state index in [2.05, 4.69) is 11.6 Å². The van der Waals surface area contributed by atoms with E-state index in [-0.39, 0.29) is 0 Å². The van der Waals surface area contributed by atoms with Crippen molar-refractivity contribution in [3.8, 4) is 0 Å². The van der Waals surface area contributed by atoms with Crippen LogP contribution in [0.5, 0.6) is 0 Å². The van der Waals surface area contributed by atoms with Crippen LogP contribution in [0.3, 0.4) is 0 Å². The van der Waals surface area contributed by atoms with Crippen molar-refractivity contribution in [2.45, 2.75) is 6.92 Å². The van der Waals surface area contributed by atoms with E-state index >= 15 is 0 Å². The largest absolute Gasteiger partial charge is 0.404 e. The molecular weight excluding hydrogens is 100 g/mol. The lowest BCUT2D eigenvalue weighted by Crippen LogP contribution is -1.83. The predicted molar refractivity (Wildman–Crippen MR) is 36.6 cm³/mol. The summed E-state index contributed by atoms with van der Waals surface area (Å²) in [5.41, 5.74) is 6.06. The van der Waals surface area contributed by atoms with Crippen LogP contribution in [0.2, 0.25) is 0 Å². The fourth-order valence-corrected chi connectivity index (χ4v) is 0.213. The van der Waals surface area contributed by atoms with Crippen LogP contribution < -0.4 is 5.73 Å². The van der Waals surface area contributed by atoms with Crippen molar-refractivity contribution in [2.24, 2.45) is 10.7 Å². The first-order chi connectivity index (χ1) is 3.81. The Morgan fingerprint density at radius 3 is 2.75 bits per heavy atom. The molecule has 0 atom stereocenters. The van der Waals surface area contributed by atoms with Gasteiger partial charge in [0.05, 0.1) is 0 Å². The Balaban J connectivity index is 3.69. The van der Waals surface area contributed by atoms with Gasteiger partial charge in [0.1, 0.15) is 0 Å². The maximum absolute atomic E-state index is 5.13. The number of nitrogens with two attached hydrogens (primary N) is 1. The third-order valence-corrected chi connectivity index (χ3v) is 0.646. The minimum Gasteiger partial charge on any atom is -0.404 e. The van der Waals surface area contributed by atoms with Gasteiger partial charge in [0.15, 0.2) is 0 Å². The number of rotatable bonds is 2. The molecule has 0 radical (unpaired) electrons. The van der Waals surface area contributed by atoms with Gasteiger partial charge < -0.3 is 5.73 Å². The summed E-state index contributed by atoms with van der Waals surface area (Å²) in [6, 6.07) is 0. The molecule has 0 aliphatic heterocycles. The molecule has 44 valence electrons. The van der Waals surface area contributed by atoms with Crippen molar-refractivity contribution in [1.29, 1.82) is 0 Å². The zero-order valence-corrected chi connectivity index (χ0v) is 4.96. The Morgan fingerprint density at radius 1 is 1.75 bits per heavy atom. The summed E-state index contributed by atoms with van der Waals surface area (Å²) in [7, 11) is 0. The lowest BCUT2D eigenvalue weighted by Gasteiger charge is -1.81. The zero-order valence-electron chi connectivity index (χ0n) is 4.96. The number of hydrogen-bond acceptors (Lipinski definition) is 2. The van der Waals surface area contributed by atoms with E-state index in [1.807, 2.05) is 6.92 Å². The van der Waals surface area contributed by atoms with Crippen molar-refractivity contribution in [3.63, 3.8) is 0 Å².